The highest BCUT2D eigenvalue weighted by atomic mass is 16.2. The maximum Gasteiger partial charge on any atom is 0.329 e. The smallest absolute Gasteiger partial charge is 0.329 e. The zero-order valence-electron chi connectivity index (χ0n) is 15.4. The van der Waals surface area contributed by atoms with Crippen LogP contribution in [0.25, 0.3) is 0 Å². The van der Waals surface area contributed by atoms with Crippen molar-refractivity contribution in [2.45, 2.75) is 44.7 Å². The van der Waals surface area contributed by atoms with E-state index < -0.39 is 0 Å². The molecule has 2 aromatic heterocycles. The second kappa shape index (κ2) is 6.75. The fourth-order valence-corrected chi connectivity index (χ4v) is 3.99. The molecule has 2 aromatic rings. The van der Waals surface area contributed by atoms with Crippen molar-refractivity contribution in [2.24, 2.45) is 14.1 Å². The summed E-state index contributed by atoms with van der Waals surface area (Å²) in [7, 11) is 3.59. The van der Waals surface area contributed by atoms with Crippen molar-refractivity contribution in [3.05, 3.63) is 44.1 Å². The van der Waals surface area contributed by atoms with Gasteiger partial charge in [0.05, 0.1) is 12.2 Å². The lowest BCUT2D eigenvalue weighted by molar-refractivity contribution is 0.528. The van der Waals surface area contributed by atoms with E-state index >= 15 is 0 Å². The molecule has 4 rings (SSSR count). The molecule has 8 nitrogen and oxygen atoms in total. The minimum atomic E-state index is -0.373. The Bertz CT molecular complexity index is 893. The van der Waals surface area contributed by atoms with Gasteiger partial charge in [-0.15, -0.1) is 0 Å². The van der Waals surface area contributed by atoms with Gasteiger partial charge in [-0.2, -0.15) is 0 Å². The van der Waals surface area contributed by atoms with Crippen molar-refractivity contribution in [1.82, 2.24) is 24.4 Å². The number of H-pyrrole nitrogens is 1. The lowest BCUT2D eigenvalue weighted by Gasteiger charge is -2.18. The van der Waals surface area contributed by atoms with Crippen LogP contribution in [0.15, 0.2) is 15.7 Å². The van der Waals surface area contributed by atoms with E-state index in [-0.39, 0.29) is 11.2 Å². The minimum Gasteiger partial charge on any atom is -0.356 e. The highest BCUT2D eigenvalue weighted by molar-refractivity contribution is 5.38. The van der Waals surface area contributed by atoms with Crippen molar-refractivity contribution in [1.29, 1.82) is 0 Å². The number of hydrogen-bond donors (Lipinski definition) is 2. The molecule has 1 atom stereocenters. The number of imidazole rings is 1. The molecule has 1 fully saturated rings. The van der Waals surface area contributed by atoms with Crippen LogP contribution in [-0.4, -0.2) is 38.2 Å². The molecule has 2 aliphatic rings. The number of aromatic amines is 1. The highest BCUT2D eigenvalue weighted by Crippen LogP contribution is 2.21. The topological polar surface area (TPSA) is 88.0 Å². The van der Waals surface area contributed by atoms with Crippen LogP contribution >= 0.6 is 0 Å². The Morgan fingerprint density at radius 3 is 2.81 bits per heavy atom. The van der Waals surface area contributed by atoms with E-state index in [1.165, 1.54) is 37.3 Å². The average molecular weight is 358 g/mol. The second-order valence-corrected chi connectivity index (χ2v) is 7.36. The zero-order valence-corrected chi connectivity index (χ0v) is 15.4. The molecule has 1 aliphatic heterocycles. The molecule has 8 heteroatoms. The Labute approximate surface area is 151 Å². The Morgan fingerprint density at radius 2 is 2.04 bits per heavy atom. The summed E-state index contributed by atoms with van der Waals surface area (Å²) >= 11 is 0. The lowest BCUT2D eigenvalue weighted by Crippen LogP contribution is -2.37. The van der Waals surface area contributed by atoms with Gasteiger partial charge in [0, 0.05) is 45.0 Å². The average Bonchev–Trinajstić information content (AvgIpc) is 3.23. The van der Waals surface area contributed by atoms with Gasteiger partial charge in [0.2, 0.25) is 0 Å². The predicted octanol–water partition coefficient (Wildman–Crippen LogP) is 0.0544. The molecule has 1 aliphatic carbocycles. The largest absolute Gasteiger partial charge is 0.356 e. The van der Waals surface area contributed by atoms with E-state index in [1.54, 1.807) is 0 Å². The van der Waals surface area contributed by atoms with Crippen LogP contribution in [0.5, 0.6) is 0 Å². The fraction of sp³-hybridized carbons (Fsp3) is 0.611. The van der Waals surface area contributed by atoms with Crippen LogP contribution in [0.3, 0.4) is 0 Å². The van der Waals surface area contributed by atoms with Gasteiger partial charge in [0.15, 0.2) is 0 Å². The van der Waals surface area contributed by atoms with Crippen molar-refractivity contribution in [3.8, 4) is 0 Å². The number of hydrogen-bond acceptors (Lipinski definition) is 5. The summed E-state index contributed by atoms with van der Waals surface area (Å²) in [5.74, 6) is 1.70. The SMILES string of the molecule is Cn1c(CN[C@@H]2CCN(c3cc(=O)n(C)c(=O)[nH]3)C2)nc2c1CCCC2. The molecule has 0 radical (unpaired) electrons. The number of aromatic nitrogens is 4. The van der Waals surface area contributed by atoms with Gasteiger partial charge in [-0.25, -0.2) is 9.78 Å². The molecular weight excluding hydrogens is 332 g/mol. The van der Waals surface area contributed by atoms with Gasteiger partial charge >= 0.3 is 5.69 Å². The number of aryl methyl sites for hydroxylation is 1. The van der Waals surface area contributed by atoms with E-state index in [2.05, 4.69) is 26.8 Å². The molecule has 26 heavy (non-hydrogen) atoms. The molecule has 0 unspecified atom stereocenters. The third kappa shape index (κ3) is 3.09. The number of nitrogens with zero attached hydrogens (tertiary/aromatic N) is 4. The van der Waals surface area contributed by atoms with E-state index in [1.807, 2.05) is 0 Å². The number of rotatable bonds is 4. The summed E-state index contributed by atoms with van der Waals surface area (Å²) in [5, 5.41) is 3.59. The van der Waals surface area contributed by atoms with Gasteiger partial charge < -0.3 is 14.8 Å². The van der Waals surface area contributed by atoms with Crippen LogP contribution < -0.4 is 21.5 Å². The molecule has 1 saturated heterocycles. The quantitative estimate of drug-likeness (QED) is 0.807. The van der Waals surface area contributed by atoms with E-state index in [4.69, 9.17) is 4.98 Å². The monoisotopic (exact) mass is 358 g/mol. The normalized spacial score (nSPS) is 19.8. The standard InChI is InChI=1S/C18H26N6O2/c1-22-14-6-4-3-5-13(14)20-16(22)10-19-12-7-8-24(11-12)15-9-17(25)23(2)18(26)21-15/h9,12,19H,3-8,10-11H2,1-2H3,(H,21,26)/t12-/m1/s1. The summed E-state index contributed by atoms with van der Waals surface area (Å²) in [5.41, 5.74) is 2.00. The Morgan fingerprint density at radius 1 is 1.23 bits per heavy atom. The summed E-state index contributed by atoms with van der Waals surface area (Å²) in [6.07, 6.45) is 5.69. The molecule has 0 aromatic carbocycles. The third-order valence-electron chi connectivity index (χ3n) is 5.67. The first kappa shape index (κ1) is 17.1. The van der Waals surface area contributed by atoms with Crippen molar-refractivity contribution >= 4 is 5.82 Å². The first-order valence-electron chi connectivity index (χ1n) is 9.35. The van der Waals surface area contributed by atoms with Crippen LogP contribution in [0.1, 0.15) is 36.5 Å². The molecule has 0 spiro atoms. The zero-order chi connectivity index (χ0) is 18.3. The van der Waals surface area contributed by atoms with E-state index in [0.717, 1.165) is 49.3 Å². The fourth-order valence-electron chi connectivity index (χ4n) is 3.99. The number of fused-ring (bicyclic) bond motifs is 1. The number of nitrogens with one attached hydrogen (secondary N) is 2. The summed E-state index contributed by atoms with van der Waals surface area (Å²) in [4.78, 5) is 33.3. The Kier molecular flexibility index (Phi) is 4.44. The minimum absolute atomic E-state index is 0.279. The van der Waals surface area contributed by atoms with E-state index in [9.17, 15) is 9.59 Å². The van der Waals surface area contributed by atoms with Crippen molar-refractivity contribution in [2.75, 3.05) is 18.0 Å². The maximum atomic E-state index is 11.8. The Hall–Kier alpha value is -2.35. The summed E-state index contributed by atoms with van der Waals surface area (Å²) in [6.45, 7) is 2.33. The summed E-state index contributed by atoms with van der Waals surface area (Å²) < 4.78 is 3.32. The van der Waals surface area contributed by atoms with Gasteiger partial charge in [0.1, 0.15) is 11.6 Å². The first-order valence-corrected chi connectivity index (χ1v) is 9.35. The number of anilines is 1. The molecule has 3 heterocycles. The van der Waals surface area contributed by atoms with Crippen LogP contribution in [0.2, 0.25) is 0 Å². The molecular formula is C18H26N6O2. The van der Waals surface area contributed by atoms with Crippen molar-refractivity contribution < 1.29 is 0 Å². The highest BCUT2D eigenvalue weighted by Gasteiger charge is 2.24. The van der Waals surface area contributed by atoms with Gasteiger partial charge in [-0.05, 0) is 32.1 Å². The molecule has 0 saturated carbocycles. The van der Waals surface area contributed by atoms with Gasteiger partial charge in [-0.1, -0.05) is 0 Å². The summed E-state index contributed by atoms with van der Waals surface area (Å²) in [6, 6.07) is 1.81. The first-order chi connectivity index (χ1) is 12.5. The van der Waals surface area contributed by atoms with Crippen molar-refractivity contribution in [3.63, 3.8) is 0 Å². The molecule has 140 valence electrons. The van der Waals surface area contributed by atoms with E-state index in [0.29, 0.717) is 11.9 Å². The van der Waals surface area contributed by atoms with Crippen LogP contribution in [-0.2, 0) is 33.5 Å². The second-order valence-electron chi connectivity index (χ2n) is 7.36. The molecule has 0 bridgehead atoms. The lowest BCUT2D eigenvalue weighted by atomic mass is 10.0. The third-order valence-corrected chi connectivity index (χ3v) is 5.67. The Balaban J connectivity index is 1.40. The van der Waals surface area contributed by atoms with Crippen LogP contribution in [0.4, 0.5) is 5.82 Å². The van der Waals surface area contributed by atoms with Gasteiger partial charge in [-0.3, -0.25) is 14.3 Å². The molecule has 0 amide bonds. The maximum absolute atomic E-state index is 11.8. The molecule has 2 N–H and O–H groups in total. The predicted molar refractivity (Wildman–Crippen MR) is 99.6 cm³/mol. The van der Waals surface area contributed by atoms with Gasteiger partial charge in [0.25, 0.3) is 5.56 Å². The van der Waals surface area contributed by atoms with Crippen LogP contribution in [0, 0.1) is 0 Å².